The van der Waals surface area contributed by atoms with Crippen molar-refractivity contribution in [1.82, 2.24) is 24.9 Å². The standard InChI is InChI=1S/C20H35N5O/c1-15(2)25-10-8-24(9-11-25)14-17-6-5-7-18(13-17)21-20(26)19-12-16(3)23(4)22-19/h12,15,17-18H,5-11,13-14H2,1-4H3,(H,21,26)/t17-,18+/m1/s1. The van der Waals surface area contributed by atoms with Gasteiger partial charge in [-0.25, -0.2) is 0 Å². The predicted molar refractivity (Wildman–Crippen MR) is 104 cm³/mol. The van der Waals surface area contributed by atoms with Gasteiger partial charge >= 0.3 is 0 Å². The third kappa shape index (κ3) is 4.86. The van der Waals surface area contributed by atoms with Crippen molar-refractivity contribution in [1.29, 1.82) is 0 Å². The second kappa shape index (κ2) is 8.53. The molecule has 0 aromatic carbocycles. The SMILES string of the molecule is Cc1cc(C(=O)N[C@H]2CCC[C@@H](CN3CCN(C(C)C)CC3)C2)nn1C. The number of piperazine rings is 1. The first-order chi connectivity index (χ1) is 12.4. The molecule has 2 fully saturated rings. The van der Waals surface area contributed by atoms with Crippen LogP contribution in [0.25, 0.3) is 0 Å². The van der Waals surface area contributed by atoms with Crippen molar-refractivity contribution in [2.75, 3.05) is 32.7 Å². The second-order valence-corrected chi connectivity index (χ2v) is 8.43. The minimum absolute atomic E-state index is 0.0232. The molecule has 6 nitrogen and oxygen atoms in total. The Balaban J connectivity index is 1.46. The molecule has 1 amide bonds. The van der Waals surface area contributed by atoms with Crippen LogP contribution < -0.4 is 5.32 Å². The van der Waals surface area contributed by atoms with E-state index >= 15 is 0 Å². The highest BCUT2D eigenvalue weighted by Crippen LogP contribution is 2.26. The minimum atomic E-state index is -0.0232. The maximum absolute atomic E-state index is 12.5. The van der Waals surface area contributed by atoms with E-state index < -0.39 is 0 Å². The molecule has 1 saturated heterocycles. The van der Waals surface area contributed by atoms with E-state index in [-0.39, 0.29) is 5.91 Å². The van der Waals surface area contributed by atoms with Crippen LogP contribution in [0.1, 0.15) is 55.7 Å². The fourth-order valence-electron chi connectivity index (χ4n) is 4.35. The predicted octanol–water partition coefficient (Wildman–Crippen LogP) is 2.04. The Bertz CT molecular complexity index is 584. The molecule has 2 aliphatic rings. The smallest absolute Gasteiger partial charge is 0.272 e. The van der Waals surface area contributed by atoms with Gasteiger partial charge in [0, 0.05) is 57.5 Å². The summed E-state index contributed by atoms with van der Waals surface area (Å²) in [5.41, 5.74) is 1.55. The van der Waals surface area contributed by atoms with E-state index in [0.717, 1.165) is 18.5 Å². The summed E-state index contributed by atoms with van der Waals surface area (Å²) in [7, 11) is 1.88. The molecule has 146 valence electrons. The number of amides is 1. The zero-order chi connectivity index (χ0) is 18.7. The van der Waals surface area contributed by atoms with Gasteiger partial charge in [0.1, 0.15) is 5.69 Å². The van der Waals surface area contributed by atoms with Crippen molar-refractivity contribution >= 4 is 5.91 Å². The molecule has 1 aliphatic carbocycles. The third-order valence-corrected chi connectivity index (χ3v) is 6.12. The number of hydrogen-bond acceptors (Lipinski definition) is 4. The van der Waals surface area contributed by atoms with Gasteiger partial charge in [-0.05, 0) is 52.0 Å². The zero-order valence-electron chi connectivity index (χ0n) is 16.9. The monoisotopic (exact) mass is 361 g/mol. The zero-order valence-corrected chi connectivity index (χ0v) is 16.9. The highest BCUT2D eigenvalue weighted by molar-refractivity contribution is 5.92. The van der Waals surface area contributed by atoms with Crippen LogP contribution in [0.2, 0.25) is 0 Å². The Kier molecular flexibility index (Phi) is 6.35. The van der Waals surface area contributed by atoms with Gasteiger partial charge in [-0.2, -0.15) is 5.10 Å². The third-order valence-electron chi connectivity index (χ3n) is 6.12. The molecule has 3 rings (SSSR count). The molecule has 0 bridgehead atoms. The van der Waals surface area contributed by atoms with Crippen LogP contribution in [0.5, 0.6) is 0 Å². The molecule has 26 heavy (non-hydrogen) atoms. The molecular formula is C20H35N5O. The number of aromatic nitrogens is 2. The Morgan fingerprint density at radius 3 is 2.62 bits per heavy atom. The Labute approximate surface area is 157 Å². The summed E-state index contributed by atoms with van der Waals surface area (Å²) in [6, 6.07) is 2.81. The Hall–Kier alpha value is -1.40. The first kappa shape index (κ1) is 19.4. The molecular weight excluding hydrogens is 326 g/mol. The van der Waals surface area contributed by atoms with Gasteiger partial charge in [-0.1, -0.05) is 6.42 Å². The normalized spacial score (nSPS) is 25.6. The first-order valence-corrected chi connectivity index (χ1v) is 10.2. The molecule has 2 atom stereocenters. The van der Waals surface area contributed by atoms with Crippen LogP contribution in [0.15, 0.2) is 6.07 Å². The minimum Gasteiger partial charge on any atom is -0.348 e. The van der Waals surface area contributed by atoms with Crippen LogP contribution in [-0.2, 0) is 7.05 Å². The molecule has 1 aromatic heterocycles. The number of nitrogens with zero attached hydrogens (tertiary/aromatic N) is 4. The number of aryl methyl sites for hydroxylation is 2. The number of nitrogens with one attached hydrogen (secondary N) is 1. The maximum Gasteiger partial charge on any atom is 0.272 e. The van der Waals surface area contributed by atoms with Crippen molar-refractivity contribution < 1.29 is 4.79 Å². The highest BCUT2D eigenvalue weighted by Gasteiger charge is 2.27. The lowest BCUT2D eigenvalue weighted by atomic mass is 9.85. The van der Waals surface area contributed by atoms with Crippen molar-refractivity contribution in [3.8, 4) is 0 Å². The van der Waals surface area contributed by atoms with E-state index in [1.54, 1.807) is 4.68 Å². The van der Waals surface area contributed by atoms with Crippen LogP contribution >= 0.6 is 0 Å². The fourth-order valence-corrected chi connectivity index (χ4v) is 4.35. The topological polar surface area (TPSA) is 53.4 Å². The summed E-state index contributed by atoms with van der Waals surface area (Å²) in [4.78, 5) is 17.7. The molecule has 0 radical (unpaired) electrons. The van der Waals surface area contributed by atoms with E-state index in [1.165, 1.54) is 45.6 Å². The Morgan fingerprint density at radius 1 is 1.27 bits per heavy atom. The molecule has 0 unspecified atom stereocenters. The second-order valence-electron chi connectivity index (χ2n) is 8.43. The first-order valence-electron chi connectivity index (χ1n) is 10.2. The van der Waals surface area contributed by atoms with E-state index in [2.05, 4.69) is 34.1 Å². The molecule has 0 spiro atoms. The summed E-state index contributed by atoms with van der Waals surface area (Å²) in [5, 5.41) is 7.52. The van der Waals surface area contributed by atoms with Gasteiger partial charge in [0.15, 0.2) is 0 Å². The Morgan fingerprint density at radius 2 is 2.00 bits per heavy atom. The number of hydrogen-bond donors (Lipinski definition) is 1. The molecule has 1 aromatic rings. The molecule has 2 heterocycles. The fraction of sp³-hybridized carbons (Fsp3) is 0.800. The lowest BCUT2D eigenvalue weighted by Crippen LogP contribution is -2.50. The lowest BCUT2D eigenvalue weighted by molar-refractivity contribution is 0.0827. The number of rotatable bonds is 5. The van der Waals surface area contributed by atoms with Gasteiger partial charge in [0.05, 0.1) is 0 Å². The summed E-state index contributed by atoms with van der Waals surface area (Å²) in [6.45, 7) is 12.5. The number of carbonyl (C=O) groups is 1. The summed E-state index contributed by atoms with van der Waals surface area (Å²) in [5.74, 6) is 0.676. The number of carbonyl (C=O) groups excluding carboxylic acids is 1. The largest absolute Gasteiger partial charge is 0.348 e. The summed E-state index contributed by atoms with van der Waals surface area (Å²) < 4.78 is 1.76. The summed E-state index contributed by atoms with van der Waals surface area (Å²) >= 11 is 0. The van der Waals surface area contributed by atoms with Crippen LogP contribution in [0.4, 0.5) is 0 Å². The highest BCUT2D eigenvalue weighted by atomic mass is 16.2. The van der Waals surface area contributed by atoms with E-state index in [0.29, 0.717) is 23.7 Å². The van der Waals surface area contributed by atoms with Gasteiger partial charge < -0.3 is 10.2 Å². The van der Waals surface area contributed by atoms with Gasteiger partial charge in [-0.15, -0.1) is 0 Å². The molecule has 6 heteroatoms. The van der Waals surface area contributed by atoms with Crippen molar-refractivity contribution in [2.45, 2.75) is 58.5 Å². The maximum atomic E-state index is 12.5. The van der Waals surface area contributed by atoms with E-state index in [1.807, 2.05) is 20.0 Å². The van der Waals surface area contributed by atoms with Gasteiger partial charge in [0.2, 0.25) is 0 Å². The molecule has 1 N–H and O–H groups in total. The average Bonchev–Trinajstić information content (AvgIpc) is 2.95. The van der Waals surface area contributed by atoms with Crippen molar-refractivity contribution in [3.05, 3.63) is 17.5 Å². The van der Waals surface area contributed by atoms with Gasteiger partial charge in [-0.3, -0.25) is 14.4 Å². The molecule has 1 saturated carbocycles. The van der Waals surface area contributed by atoms with Crippen LogP contribution in [0, 0.1) is 12.8 Å². The van der Waals surface area contributed by atoms with Gasteiger partial charge in [0.25, 0.3) is 5.91 Å². The lowest BCUT2D eigenvalue weighted by Gasteiger charge is -2.39. The van der Waals surface area contributed by atoms with Crippen LogP contribution in [-0.4, -0.2) is 70.3 Å². The van der Waals surface area contributed by atoms with Crippen molar-refractivity contribution in [2.24, 2.45) is 13.0 Å². The van der Waals surface area contributed by atoms with E-state index in [4.69, 9.17) is 0 Å². The van der Waals surface area contributed by atoms with Crippen LogP contribution in [0.3, 0.4) is 0 Å². The van der Waals surface area contributed by atoms with Crippen molar-refractivity contribution in [3.63, 3.8) is 0 Å². The quantitative estimate of drug-likeness (QED) is 0.872. The average molecular weight is 362 g/mol. The summed E-state index contributed by atoms with van der Waals surface area (Å²) in [6.07, 6.45) is 4.69. The molecule has 1 aliphatic heterocycles. The van der Waals surface area contributed by atoms with E-state index in [9.17, 15) is 4.79 Å².